The lowest BCUT2D eigenvalue weighted by Gasteiger charge is -2.77. The summed E-state index contributed by atoms with van der Waals surface area (Å²) in [5.41, 5.74) is -9.35. The number of hydrogen-bond acceptors (Lipinski definition) is 14. The Labute approximate surface area is 282 Å². The largest absolute Gasteiger partial charge is 0.472 e. The molecule has 6 unspecified atom stereocenters. The molecular formula is C35H42O14. The Bertz CT molecular complexity index is 1690. The number of carbonyl (C=O) groups excluding carboxylic acids is 5. The van der Waals surface area contributed by atoms with E-state index in [1.165, 1.54) is 40.4 Å². The molecule has 3 aliphatic heterocycles. The zero-order valence-corrected chi connectivity index (χ0v) is 28.9. The lowest BCUT2D eigenvalue weighted by atomic mass is 9.33. The van der Waals surface area contributed by atoms with E-state index in [-0.39, 0.29) is 19.3 Å². The van der Waals surface area contributed by atoms with Gasteiger partial charge in [0.05, 0.1) is 26.1 Å². The summed E-state index contributed by atoms with van der Waals surface area (Å²) in [6.45, 7) is 11.1. The lowest BCUT2D eigenvalue weighted by Crippen LogP contribution is -2.94. The van der Waals surface area contributed by atoms with Crippen LogP contribution >= 0.6 is 0 Å². The van der Waals surface area contributed by atoms with E-state index in [4.69, 9.17) is 42.3 Å². The molecule has 2 spiro atoms. The predicted molar refractivity (Wildman–Crippen MR) is 159 cm³/mol. The van der Waals surface area contributed by atoms with Gasteiger partial charge >= 0.3 is 29.8 Å². The third-order valence-corrected chi connectivity index (χ3v) is 13.8. The fourth-order valence-electron chi connectivity index (χ4n) is 12.8. The second kappa shape index (κ2) is 9.43. The molecule has 0 amide bonds. The third kappa shape index (κ3) is 3.33. The molecule has 8 rings (SSSR count). The van der Waals surface area contributed by atoms with Gasteiger partial charge in [-0.25, -0.2) is 0 Å². The molecule has 7 aliphatic rings. The van der Waals surface area contributed by atoms with Crippen molar-refractivity contribution in [3.63, 3.8) is 0 Å². The molecule has 4 aliphatic carbocycles. The molecular weight excluding hydrogens is 644 g/mol. The van der Waals surface area contributed by atoms with Crippen LogP contribution < -0.4 is 0 Å². The van der Waals surface area contributed by atoms with Gasteiger partial charge in [0.15, 0.2) is 12.2 Å². The van der Waals surface area contributed by atoms with Crippen molar-refractivity contribution < 1.29 is 66.3 Å². The number of carbonyl (C=O) groups is 5. The number of methoxy groups -OCH3 is 1. The summed E-state index contributed by atoms with van der Waals surface area (Å²) in [5.74, 6) is -6.47. The van der Waals surface area contributed by atoms with Gasteiger partial charge in [0.2, 0.25) is 5.60 Å². The Hall–Kier alpha value is -3.49. The molecule has 7 fully saturated rings. The van der Waals surface area contributed by atoms with Gasteiger partial charge in [0, 0.05) is 61.8 Å². The van der Waals surface area contributed by atoms with E-state index >= 15 is 0 Å². The molecule has 0 radical (unpaired) electrons. The Balaban J connectivity index is 1.50. The van der Waals surface area contributed by atoms with Crippen molar-refractivity contribution in [2.75, 3.05) is 7.11 Å². The summed E-state index contributed by atoms with van der Waals surface area (Å²) >= 11 is 0. The molecule has 4 saturated carbocycles. The smallest absolute Gasteiger partial charge is 0.306 e. The maximum atomic E-state index is 13.8. The van der Waals surface area contributed by atoms with E-state index in [2.05, 4.69) is 0 Å². The highest BCUT2D eigenvalue weighted by atomic mass is 16.9. The minimum Gasteiger partial charge on any atom is -0.472 e. The number of rotatable bonds is 6. The van der Waals surface area contributed by atoms with Gasteiger partial charge in [0.1, 0.15) is 22.9 Å². The van der Waals surface area contributed by atoms with Crippen molar-refractivity contribution in [2.45, 2.75) is 127 Å². The second-order valence-corrected chi connectivity index (χ2v) is 15.9. The first-order chi connectivity index (χ1) is 22.9. The van der Waals surface area contributed by atoms with Crippen molar-refractivity contribution in [1.29, 1.82) is 0 Å². The van der Waals surface area contributed by atoms with Gasteiger partial charge in [0.25, 0.3) is 5.97 Å². The van der Waals surface area contributed by atoms with E-state index in [0.717, 1.165) is 0 Å². The number of hydrogen-bond donors (Lipinski definition) is 0. The zero-order chi connectivity index (χ0) is 35.4. The van der Waals surface area contributed by atoms with Gasteiger partial charge in [-0.3, -0.25) is 24.0 Å². The first-order valence-corrected chi connectivity index (χ1v) is 16.8. The minimum absolute atomic E-state index is 0.125. The van der Waals surface area contributed by atoms with Crippen LogP contribution in [0.3, 0.4) is 0 Å². The van der Waals surface area contributed by atoms with Crippen LogP contribution in [-0.2, 0) is 61.9 Å². The molecule has 13 atom stereocenters. The number of fused-ring (bicyclic) bond motifs is 3. The zero-order valence-electron chi connectivity index (χ0n) is 28.9. The molecule has 1 aromatic rings. The van der Waals surface area contributed by atoms with Crippen molar-refractivity contribution in [3.8, 4) is 0 Å². The van der Waals surface area contributed by atoms with Crippen LogP contribution in [0.25, 0.3) is 0 Å². The van der Waals surface area contributed by atoms with E-state index < -0.39 is 105 Å². The Morgan fingerprint density at radius 3 is 2.16 bits per heavy atom. The molecule has 0 N–H and O–H groups in total. The molecule has 1 aromatic heterocycles. The highest BCUT2D eigenvalue weighted by Crippen LogP contribution is 2.90. The minimum atomic E-state index is -2.01. The van der Waals surface area contributed by atoms with E-state index in [1.807, 2.05) is 20.8 Å². The number of furan rings is 1. The van der Waals surface area contributed by atoms with Crippen molar-refractivity contribution in [1.82, 2.24) is 0 Å². The van der Waals surface area contributed by atoms with Gasteiger partial charge in [-0.1, -0.05) is 20.8 Å². The van der Waals surface area contributed by atoms with Crippen LogP contribution in [0.1, 0.15) is 92.2 Å². The lowest BCUT2D eigenvalue weighted by molar-refractivity contribution is -0.477. The summed E-state index contributed by atoms with van der Waals surface area (Å²) in [4.78, 5) is 67.1. The number of cyclic esters (lactones) is 1. The van der Waals surface area contributed by atoms with Crippen LogP contribution in [0.5, 0.6) is 0 Å². The highest BCUT2D eigenvalue weighted by Gasteiger charge is 3.05. The van der Waals surface area contributed by atoms with Crippen LogP contribution in [0.4, 0.5) is 0 Å². The summed E-state index contributed by atoms with van der Waals surface area (Å²) < 4.78 is 57.3. The highest BCUT2D eigenvalue weighted by molar-refractivity contribution is 5.75. The van der Waals surface area contributed by atoms with Gasteiger partial charge < -0.3 is 42.3 Å². The van der Waals surface area contributed by atoms with E-state index in [9.17, 15) is 24.0 Å². The summed E-state index contributed by atoms with van der Waals surface area (Å²) in [6, 6.07) is 1.73. The molecule has 14 heteroatoms. The fourth-order valence-corrected chi connectivity index (χ4v) is 12.8. The number of ether oxygens (including phenoxy) is 8. The molecule has 49 heavy (non-hydrogen) atoms. The topological polar surface area (TPSA) is 172 Å². The maximum Gasteiger partial charge on any atom is 0.306 e. The average Bonchev–Trinajstić information content (AvgIpc) is 3.70. The summed E-state index contributed by atoms with van der Waals surface area (Å²) in [5, 5.41) is 0. The normalized spacial score (nSPS) is 50.9. The molecule has 4 heterocycles. The van der Waals surface area contributed by atoms with Crippen LogP contribution in [0, 0.1) is 28.1 Å². The van der Waals surface area contributed by atoms with Crippen molar-refractivity contribution >= 4 is 29.8 Å². The summed E-state index contributed by atoms with van der Waals surface area (Å²) in [6.07, 6.45) is -0.00265. The monoisotopic (exact) mass is 686 g/mol. The maximum absolute atomic E-state index is 13.8. The molecule has 4 bridgehead atoms. The quantitative estimate of drug-likeness (QED) is 0.315. The Morgan fingerprint density at radius 1 is 0.878 bits per heavy atom. The summed E-state index contributed by atoms with van der Waals surface area (Å²) in [7, 11) is 1.30. The van der Waals surface area contributed by atoms with E-state index in [0.29, 0.717) is 18.4 Å². The molecule has 3 saturated heterocycles. The molecule has 14 nitrogen and oxygen atoms in total. The second-order valence-electron chi connectivity index (χ2n) is 15.9. The van der Waals surface area contributed by atoms with Gasteiger partial charge in [-0.2, -0.15) is 0 Å². The van der Waals surface area contributed by atoms with Crippen molar-refractivity contribution in [2.24, 2.45) is 28.1 Å². The first-order valence-electron chi connectivity index (χ1n) is 16.8. The fraction of sp³-hybridized carbons (Fsp3) is 0.743. The van der Waals surface area contributed by atoms with Crippen LogP contribution in [0.15, 0.2) is 23.0 Å². The van der Waals surface area contributed by atoms with Crippen LogP contribution in [0.2, 0.25) is 0 Å². The van der Waals surface area contributed by atoms with Crippen LogP contribution in [-0.4, -0.2) is 77.5 Å². The Morgan fingerprint density at radius 2 is 1.55 bits per heavy atom. The first kappa shape index (κ1) is 32.7. The molecule has 0 aromatic carbocycles. The molecule has 266 valence electrons. The van der Waals surface area contributed by atoms with E-state index in [1.54, 1.807) is 13.0 Å². The Kier molecular flexibility index (Phi) is 6.30. The van der Waals surface area contributed by atoms with Gasteiger partial charge in [-0.05, 0) is 31.2 Å². The number of esters is 5. The SMILES string of the molecule is COC(=O)C[C@H]1C2(C)C[C@@]34OC5(C)OC6(C(OC(C)=O)[C@@]3(OC(C)=O)[C@H]2OC(C)=O)C2CC(=O)O[C@@H](c3ccoc3)[C@]2(C)CCC6(O5)[C@]14C. The standard InChI is InChI=1S/C35H42O14/c1-17(36)43-26-29(5)16-33-30(6,21(29)13-23(39)41-8)32-11-10-28(4)22(14-24(40)45-25(28)20-9-12-42-15-20)34(32,49-31(7,47-32)48-33)27(44-18(2)37)35(26,33)46-19(3)38/h9,12,15,21-22,25-27H,10-11,13-14,16H2,1-8H3/t21-,22?,25-,26-,27?,28+,29?,30-,31?,32?,33-,34?,35-/m0/s1. The average molecular weight is 687 g/mol. The predicted octanol–water partition coefficient (Wildman–Crippen LogP) is 3.44. The third-order valence-electron chi connectivity index (χ3n) is 13.8. The van der Waals surface area contributed by atoms with Crippen molar-refractivity contribution in [3.05, 3.63) is 24.2 Å². The van der Waals surface area contributed by atoms with Gasteiger partial charge in [-0.15, -0.1) is 0 Å².